The Hall–Kier alpha value is -3.75. The topological polar surface area (TPSA) is 86.8 Å². The minimum absolute atomic E-state index is 0.0699. The second kappa shape index (κ2) is 11.4. The van der Waals surface area contributed by atoms with Gasteiger partial charge in [0.05, 0.1) is 10.9 Å². The summed E-state index contributed by atoms with van der Waals surface area (Å²) in [5, 5.41) is 3.15. The van der Waals surface area contributed by atoms with Crippen molar-refractivity contribution < 1.29 is 18.0 Å². The molecule has 1 fully saturated rings. The molecule has 2 amide bonds. The molecule has 2 aliphatic heterocycles. The van der Waals surface area contributed by atoms with Gasteiger partial charge in [0.15, 0.2) is 9.84 Å². The van der Waals surface area contributed by atoms with Gasteiger partial charge in [0.2, 0.25) is 0 Å². The number of carbonyl (C=O) groups excluding carboxylic acids is 2. The van der Waals surface area contributed by atoms with Crippen LogP contribution in [-0.2, 0) is 9.84 Å². The van der Waals surface area contributed by atoms with Crippen LogP contribution < -0.4 is 5.32 Å². The van der Waals surface area contributed by atoms with Crippen LogP contribution in [0.2, 0.25) is 0 Å². The average Bonchev–Trinajstić information content (AvgIpc) is 3.50. The second-order valence-electron chi connectivity index (χ2n) is 10.9. The fourth-order valence-corrected chi connectivity index (χ4v) is 6.34. The van der Waals surface area contributed by atoms with E-state index in [4.69, 9.17) is 0 Å². The molecule has 1 unspecified atom stereocenters. The van der Waals surface area contributed by atoms with Gasteiger partial charge in [-0.15, -0.1) is 0 Å². The lowest BCUT2D eigenvalue weighted by atomic mass is 10.0. The largest absolute Gasteiger partial charge is 0.345 e. The maximum Gasteiger partial charge on any atom is 0.258 e. The van der Waals surface area contributed by atoms with Crippen molar-refractivity contribution in [1.82, 2.24) is 15.1 Å². The number of hydrogen-bond donors (Lipinski definition) is 1. The van der Waals surface area contributed by atoms with Crippen molar-refractivity contribution in [3.8, 4) is 0 Å². The minimum Gasteiger partial charge on any atom is -0.345 e. The van der Waals surface area contributed by atoms with E-state index >= 15 is 0 Å². The number of hydrogen-bond acceptors (Lipinski definition) is 5. The van der Waals surface area contributed by atoms with Crippen LogP contribution in [-0.4, -0.2) is 62.5 Å². The molecule has 8 heteroatoms. The Labute approximate surface area is 236 Å². The maximum atomic E-state index is 13.3. The van der Waals surface area contributed by atoms with Gasteiger partial charge in [-0.25, -0.2) is 8.42 Å². The molecule has 0 radical (unpaired) electrons. The van der Waals surface area contributed by atoms with Gasteiger partial charge >= 0.3 is 0 Å². The van der Waals surface area contributed by atoms with Crippen molar-refractivity contribution in [2.75, 3.05) is 32.4 Å². The van der Waals surface area contributed by atoms with Crippen molar-refractivity contribution in [3.63, 3.8) is 0 Å². The zero-order valence-corrected chi connectivity index (χ0v) is 23.9. The van der Waals surface area contributed by atoms with Gasteiger partial charge in [-0.05, 0) is 66.8 Å². The van der Waals surface area contributed by atoms with E-state index in [9.17, 15) is 18.0 Å². The SMILES string of the molecule is Cc1cccc(C)c1C(=O)N1C=C2CN(CC[C@H](NC(=O)c3ccc(S(C)(=O)=O)cc3)c3ccccc3)CC2C1. The molecule has 0 spiro atoms. The molecule has 2 atom stereocenters. The molecule has 1 N–H and O–H groups in total. The van der Waals surface area contributed by atoms with Gasteiger partial charge in [0, 0.05) is 55.7 Å². The quantitative estimate of drug-likeness (QED) is 0.440. The van der Waals surface area contributed by atoms with Crippen LogP contribution in [0.15, 0.2) is 89.5 Å². The number of sulfone groups is 1. The molecule has 0 aromatic heterocycles. The molecule has 1 saturated heterocycles. The Morgan fingerprint density at radius 2 is 1.60 bits per heavy atom. The Bertz CT molecular complexity index is 1530. The number of aryl methyl sites for hydroxylation is 2. The lowest BCUT2D eigenvalue weighted by Crippen LogP contribution is -2.33. The van der Waals surface area contributed by atoms with Gasteiger partial charge in [0.1, 0.15) is 0 Å². The van der Waals surface area contributed by atoms with Crippen molar-refractivity contribution in [3.05, 3.63) is 112 Å². The summed E-state index contributed by atoms with van der Waals surface area (Å²) < 4.78 is 23.5. The molecule has 0 bridgehead atoms. The van der Waals surface area contributed by atoms with Crippen LogP contribution in [0.3, 0.4) is 0 Å². The van der Waals surface area contributed by atoms with Gasteiger partial charge in [-0.3, -0.25) is 14.5 Å². The monoisotopic (exact) mass is 557 g/mol. The molecule has 2 aliphatic rings. The number of rotatable bonds is 8. The zero-order valence-electron chi connectivity index (χ0n) is 23.1. The highest BCUT2D eigenvalue weighted by atomic mass is 32.2. The lowest BCUT2D eigenvalue weighted by molar-refractivity contribution is 0.0819. The highest BCUT2D eigenvalue weighted by Crippen LogP contribution is 2.32. The summed E-state index contributed by atoms with van der Waals surface area (Å²) in [6.45, 7) is 7.15. The molecule has 2 heterocycles. The minimum atomic E-state index is -3.33. The van der Waals surface area contributed by atoms with Crippen LogP contribution in [0.25, 0.3) is 0 Å². The van der Waals surface area contributed by atoms with E-state index in [0.29, 0.717) is 18.0 Å². The first kappa shape index (κ1) is 27.8. The first-order valence-electron chi connectivity index (χ1n) is 13.6. The van der Waals surface area contributed by atoms with Gasteiger partial charge in [-0.1, -0.05) is 48.5 Å². The molecule has 7 nitrogen and oxygen atoms in total. The number of benzene rings is 3. The summed E-state index contributed by atoms with van der Waals surface area (Å²) in [7, 11) is -3.33. The van der Waals surface area contributed by atoms with Gasteiger partial charge in [0.25, 0.3) is 11.8 Å². The van der Waals surface area contributed by atoms with Crippen molar-refractivity contribution in [2.24, 2.45) is 5.92 Å². The van der Waals surface area contributed by atoms with Crippen molar-refractivity contribution in [1.29, 1.82) is 0 Å². The normalized spacial score (nSPS) is 17.8. The van der Waals surface area contributed by atoms with Crippen molar-refractivity contribution in [2.45, 2.75) is 31.2 Å². The summed E-state index contributed by atoms with van der Waals surface area (Å²) in [4.78, 5) is 30.8. The smallest absolute Gasteiger partial charge is 0.258 e. The lowest BCUT2D eigenvalue weighted by Gasteiger charge is -2.24. The number of fused-ring (bicyclic) bond motifs is 1. The maximum absolute atomic E-state index is 13.3. The summed E-state index contributed by atoms with van der Waals surface area (Å²) in [6, 6.07) is 21.7. The fraction of sp³-hybridized carbons (Fsp3) is 0.312. The van der Waals surface area contributed by atoms with Crippen LogP contribution in [0.4, 0.5) is 0 Å². The van der Waals surface area contributed by atoms with E-state index in [0.717, 1.165) is 54.6 Å². The second-order valence-corrected chi connectivity index (χ2v) is 12.9. The summed E-state index contributed by atoms with van der Waals surface area (Å²) in [5.74, 6) is 0.155. The Balaban J connectivity index is 1.23. The van der Waals surface area contributed by atoms with E-state index in [2.05, 4.69) is 10.2 Å². The predicted octanol–water partition coefficient (Wildman–Crippen LogP) is 4.54. The van der Waals surface area contributed by atoms with Crippen LogP contribution in [0.5, 0.6) is 0 Å². The summed E-state index contributed by atoms with van der Waals surface area (Å²) in [6.07, 6.45) is 3.91. The van der Waals surface area contributed by atoms with Crippen LogP contribution in [0.1, 0.15) is 49.9 Å². The number of likely N-dealkylation sites (tertiary alicyclic amines) is 1. The molecular weight excluding hydrogens is 522 g/mol. The molecule has 40 heavy (non-hydrogen) atoms. The van der Waals surface area contributed by atoms with Crippen LogP contribution >= 0.6 is 0 Å². The van der Waals surface area contributed by atoms with E-state index in [1.54, 1.807) is 12.1 Å². The molecule has 3 aromatic rings. The molecule has 5 rings (SSSR count). The summed E-state index contributed by atoms with van der Waals surface area (Å²) >= 11 is 0. The highest BCUT2D eigenvalue weighted by molar-refractivity contribution is 7.90. The van der Waals surface area contributed by atoms with E-state index < -0.39 is 9.84 Å². The van der Waals surface area contributed by atoms with Gasteiger partial charge in [-0.2, -0.15) is 0 Å². The standard InChI is InChI=1S/C32H35N3O4S/c1-22-8-7-9-23(2)30(22)32(37)35-20-26-18-34(19-27(26)21-35)17-16-29(24-10-5-4-6-11-24)33-31(36)25-12-14-28(15-13-25)40(3,38)39/h4-15,20,27,29H,16-19,21H2,1-3H3,(H,33,36)/t27?,29-/m0/s1. The third-order valence-electron chi connectivity index (χ3n) is 7.89. The molecule has 0 aliphatic carbocycles. The molecule has 3 aromatic carbocycles. The fourth-order valence-electron chi connectivity index (χ4n) is 5.71. The Morgan fingerprint density at radius 3 is 2.23 bits per heavy atom. The third-order valence-corrected chi connectivity index (χ3v) is 9.02. The average molecular weight is 558 g/mol. The first-order chi connectivity index (χ1) is 19.1. The number of nitrogens with zero attached hydrogens (tertiary/aromatic N) is 2. The third kappa shape index (κ3) is 6.03. The van der Waals surface area contributed by atoms with E-state index in [-0.39, 0.29) is 22.8 Å². The van der Waals surface area contributed by atoms with Gasteiger partial charge < -0.3 is 10.2 Å². The number of amides is 2. The van der Waals surface area contributed by atoms with E-state index in [1.165, 1.54) is 17.7 Å². The molecule has 208 valence electrons. The van der Waals surface area contributed by atoms with Crippen molar-refractivity contribution >= 4 is 21.7 Å². The Morgan fingerprint density at radius 1 is 0.925 bits per heavy atom. The predicted molar refractivity (Wildman–Crippen MR) is 156 cm³/mol. The summed E-state index contributed by atoms with van der Waals surface area (Å²) in [5.41, 5.74) is 5.52. The van der Waals surface area contributed by atoms with E-state index in [1.807, 2.05) is 73.5 Å². The number of nitrogens with one attached hydrogen (secondary N) is 1. The molecule has 0 saturated carbocycles. The number of carbonyl (C=O) groups is 2. The Kier molecular flexibility index (Phi) is 7.92. The molecular formula is C32H35N3O4S. The van der Waals surface area contributed by atoms with Crippen LogP contribution in [0, 0.1) is 19.8 Å². The first-order valence-corrected chi connectivity index (χ1v) is 15.5. The zero-order chi connectivity index (χ0) is 28.4. The highest BCUT2D eigenvalue weighted by Gasteiger charge is 2.36.